The number of anilines is 1. The molecule has 2 aromatic heterocycles. The second-order valence-electron chi connectivity index (χ2n) is 6.14. The van der Waals surface area contributed by atoms with Gasteiger partial charge in [0.05, 0.1) is 25.5 Å². The number of furan rings is 1. The minimum Gasteiger partial charge on any atom is -0.497 e. The van der Waals surface area contributed by atoms with Gasteiger partial charge in [0, 0.05) is 27.5 Å². The van der Waals surface area contributed by atoms with Crippen molar-refractivity contribution in [2.45, 2.75) is 13.3 Å². The largest absolute Gasteiger partial charge is 0.497 e. The summed E-state index contributed by atoms with van der Waals surface area (Å²) in [6.45, 7) is 2.01. The third kappa shape index (κ3) is 3.57. The highest BCUT2D eigenvalue weighted by Crippen LogP contribution is 2.31. The molecule has 0 radical (unpaired) electrons. The van der Waals surface area contributed by atoms with Crippen LogP contribution in [0.25, 0.3) is 22.2 Å². The number of hydrogen-bond acceptors (Lipinski definition) is 5. The van der Waals surface area contributed by atoms with Gasteiger partial charge in [-0.1, -0.05) is 30.3 Å². The molecule has 5 nitrogen and oxygen atoms in total. The number of nitrogens with one attached hydrogen (secondary N) is 1. The number of aryl methyl sites for hydroxylation is 1. The predicted octanol–water partition coefficient (Wildman–Crippen LogP) is 5.05. The van der Waals surface area contributed by atoms with Crippen molar-refractivity contribution in [3.05, 3.63) is 65.2 Å². The van der Waals surface area contributed by atoms with E-state index in [1.807, 2.05) is 55.5 Å². The van der Waals surface area contributed by atoms with Gasteiger partial charge in [0.15, 0.2) is 5.13 Å². The van der Waals surface area contributed by atoms with E-state index in [0.717, 1.165) is 32.8 Å². The molecule has 27 heavy (non-hydrogen) atoms. The van der Waals surface area contributed by atoms with E-state index in [-0.39, 0.29) is 12.3 Å². The number of hydrogen-bond donors (Lipinski definition) is 1. The molecule has 0 saturated heterocycles. The molecule has 1 N–H and O–H groups in total. The number of amides is 1. The van der Waals surface area contributed by atoms with E-state index < -0.39 is 0 Å². The van der Waals surface area contributed by atoms with Crippen LogP contribution in [0.5, 0.6) is 5.75 Å². The van der Waals surface area contributed by atoms with Gasteiger partial charge in [-0.15, -0.1) is 11.3 Å². The summed E-state index contributed by atoms with van der Waals surface area (Å²) in [5, 5.41) is 4.41. The van der Waals surface area contributed by atoms with Crippen molar-refractivity contribution in [3.8, 4) is 17.0 Å². The molecule has 0 aliphatic carbocycles. The first kappa shape index (κ1) is 17.3. The number of nitrogens with zero attached hydrogens (tertiary/aromatic N) is 1. The van der Waals surface area contributed by atoms with E-state index >= 15 is 0 Å². The van der Waals surface area contributed by atoms with Crippen LogP contribution >= 0.6 is 11.3 Å². The molecule has 0 saturated carbocycles. The lowest BCUT2D eigenvalue weighted by molar-refractivity contribution is -0.115. The second kappa shape index (κ2) is 7.25. The van der Waals surface area contributed by atoms with Gasteiger partial charge in [-0.3, -0.25) is 4.79 Å². The number of aromatic nitrogens is 1. The molecule has 1 amide bonds. The molecular weight excluding hydrogens is 360 g/mol. The van der Waals surface area contributed by atoms with Crippen LogP contribution in [0.2, 0.25) is 0 Å². The molecule has 4 aromatic rings. The first-order valence-electron chi connectivity index (χ1n) is 8.51. The van der Waals surface area contributed by atoms with E-state index in [1.54, 1.807) is 13.4 Å². The maximum atomic E-state index is 12.5. The summed E-state index contributed by atoms with van der Waals surface area (Å²) < 4.78 is 10.7. The summed E-state index contributed by atoms with van der Waals surface area (Å²) >= 11 is 1.48. The van der Waals surface area contributed by atoms with E-state index in [2.05, 4.69) is 10.3 Å². The van der Waals surface area contributed by atoms with Crippen LogP contribution in [0.4, 0.5) is 5.13 Å². The Morgan fingerprint density at radius 1 is 1.22 bits per heavy atom. The molecule has 136 valence electrons. The van der Waals surface area contributed by atoms with Crippen molar-refractivity contribution in [2.24, 2.45) is 0 Å². The van der Waals surface area contributed by atoms with Crippen LogP contribution in [-0.4, -0.2) is 18.0 Å². The predicted molar refractivity (Wildman–Crippen MR) is 107 cm³/mol. The number of ether oxygens (including phenoxy) is 1. The van der Waals surface area contributed by atoms with Crippen molar-refractivity contribution in [3.63, 3.8) is 0 Å². The maximum Gasteiger partial charge on any atom is 0.230 e. The lowest BCUT2D eigenvalue weighted by Gasteiger charge is -2.01. The zero-order valence-corrected chi connectivity index (χ0v) is 15.8. The van der Waals surface area contributed by atoms with Gasteiger partial charge in [0.1, 0.15) is 11.3 Å². The molecule has 0 fully saturated rings. The van der Waals surface area contributed by atoms with Gasteiger partial charge in [0.25, 0.3) is 0 Å². The Morgan fingerprint density at radius 3 is 2.81 bits per heavy atom. The van der Waals surface area contributed by atoms with E-state index in [0.29, 0.717) is 10.7 Å². The quantitative estimate of drug-likeness (QED) is 0.527. The Balaban J connectivity index is 1.50. The van der Waals surface area contributed by atoms with Crippen LogP contribution in [0.15, 0.2) is 59.2 Å². The summed E-state index contributed by atoms with van der Waals surface area (Å²) in [5.41, 5.74) is 3.48. The Bertz CT molecular complexity index is 1100. The number of carbonyl (C=O) groups is 1. The summed E-state index contributed by atoms with van der Waals surface area (Å²) in [6, 6.07) is 15.5. The lowest BCUT2D eigenvalue weighted by atomic mass is 10.1. The molecule has 2 aromatic carbocycles. The van der Waals surface area contributed by atoms with E-state index in [1.165, 1.54) is 11.3 Å². The normalized spacial score (nSPS) is 10.9. The zero-order chi connectivity index (χ0) is 18.8. The number of benzene rings is 2. The van der Waals surface area contributed by atoms with Crippen LogP contribution in [-0.2, 0) is 11.2 Å². The average Bonchev–Trinajstić information content (AvgIpc) is 3.25. The molecule has 6 heteroatoms. The summed E-state index contributed by atoms with van der Waals surface area (Å²) in [5.74, 6) is 0.599. The van der Waals surface area contributed by atoms with E-state index in [9.17, 15) is 4.79 Å². The SMILES string of the molecule is COc1ccc2c(CC(=O)Nc3nc(-c4ccccc4)c(C)s3)coc2c1. The highest BCUT2D eigenvalue weighted by molar-refractivity contribution is 7.16. The van der Waals surface area contributed by atoms with Gasteiger partial charge in [0.2, 0.25) is 5.91 Å². The topological polar surface area (TPSA) is 64.4 Å². The van der Waals surface area contributed by atoms with Crippen molar-refractivity contribution in [1.82, 2.24) is 4.98 Å². The number of thiazole rings is 1. The molecule has 0 aliphatic rings. The number of fused-ring (bicyclic) bond motifs is 1. The first-order valence-corrected chi connectivity index (χ1v) is 9.32. The third-order valence-electron chi connectivity index (χ3n) is 4.30. The molecule has 0 spiro atoms. The van der Waals surface area contributed by atoms with Gasteiger partial charge in [-0.25, -0.2) is 4.98 Å². The monoisotopic (exact) mass is 378 g/mol. The highest BCUT2D eigenvalue weighted by Gasteiger charge is 2.15. The minimum absolute atomic E-state index is 0.123. The lowest BCUT2D eigenvalue weighted by Crippen LogP contribution is -2.13. The van der Waals surface area contributed by atoms with Gasteiger partial charge in [-0.2, -0.15) is 0 Å². The number of methoxy groups -OCH3 is 1. The van der Waals surface area contributed by atoms with Crippen molar-refractivity contribution in [2.75, 3.05) is 12.4 Å². The Hall–Kier alpha value is -3.12. The minimum atomic E-state index is -0.123. The van der Waals surface area contributed by atoms with Crippen LogP contribution in [0.3, 0.4) is 0 Å². The standard InChI is InChI=1S/C21H18N2O3S/c1-13-20(14-6-4-3-5-7-14)23-21(27-13)22-19(24)10-15-12-26-18-11-16(25-2)8-9-17(15)18/h3-9,11-12H,10H2,1-2H3,(H,22,23,24). The molecular formula is C21H18N2O3S. The number of carbonyl (C=O) groups excluding carboxylic acids is 1. The average molecular weight is 378 g/mol. The highest BCUT2D eigenvalue weighted by atomic mass is 32.1. The molecule has 0 bridgehead atoms. The number of rotatable bonds is 5. The molecule has 4 rings (SSSR count). The Kier molecular flexibility index (Phi) is 4.64. The fraction of sp³-hybridized carbons (Fsp3) is 0.143. The Labute approximate surface area is 160 Å². The summed E-state index contributed by atoms with van der Waals surface area (Å²) in [6.07, 6.45) is 1.84. The van der Waals surface area contributed by atoms with Crippen LogP contribution in [0.1, 0.15) is 10.4 Å². The van der Waals surface area contributed by atoms with Gasteiger partial charge < -0.3 is 14.5 Å². The van der Waals surface area contributed by atoms with Crippen molar-refractivity contribution < 1.29 is 13.9 Å². The first-order chi connectivity index (χ1) is 13.1. The van der Waals surface area contributed by atoms with Crippen LogP contribution < -0.4 is 10.1 Å². The third-order valence-corrected chi connectivity index (χ3v) is 5.19. The summed E-state index contributed by atoms with van der Waals surface area (Å²) in [4.78, 5) is 18.1. The molecule has 0 aliphatic heterocycles. The fourth-order valence-corrected chi connectivity index (χ4v) is 3.83. The Morgan fingerprint density at radius 2 is 2.04 bits per heavy atom. The molecule has 2 heterocycles. The van der Waals surface area contributed by atoms with Gasteiger partial charge >= 0.3 is 0 Å². The second-order valence-corrected chi connectivity index (χ2v) is 7.34. The van der Waals surface area contributed by atoms with Crippen molar-refractivity contribution >= 4 is 33.3 Å². The smallest absolute Gasteiger partial charge is 0.230 e. The molecule has 0 unspecified atom stereocenters. The van der Waals surface area contributed by atoms with Crippen LogP contribution in [0, 0.1) is 6.92 Å². The van der Waals surface area contributed by atoms with Crippen molar-refractivity contribution in [1.29, 1.82) is 0 Å². The fourth-order valence-electron chi connectivity index (χ4n) is 2.98. The molecule has 0 atom stereocenters. The zero-order valence-electron chi connectivity index (χ0n) is 15.0. The van der Waals surface area contributed by atoms with Gasteiger partial charge in [-0.05, 0) is 19.1 Å². The van der Waals surface area contributed by atoms with E-state index in [4.69, 9.17) is 9.15 Å². The summed E-state index contributed by atoms with van der Waals surface area (Å²) in [7, 11) is 1.61. The maximum absolute atomic E-state index is 12.5.